The first-order valence-electron chi connectivity index (χ1n) is 7.92. The van der Waals surface area contributed by atoms with E-state index >= 15 is 0 Å². The predicted molar refractivity (Wildman–Crippen MR) is 92.6 cm³/mol. The lowest BCUT2D eigenvalue weighted by atomic mass is 10.1. The van der Waals surface area contributed by atoms with Gasteiger partial charge in [0.05, 0.1) is 19.9 Å². The molecule has 1 atom stereocenters. The van der Waals surface area contributed by atoms with Crippen molar-refractivity contribution >= 4 is 0 Å². The number of methoxy groups -OCH3 is 2. The summed E-state index contributed by atoms with van der Waals surface area (Å²) in [4.78, 5) is 4.40. The number of aromatic nitrogens is 4. The number of nitrogens with zero attached hydrogens (tertiary/aromatic N) is 3. The molecule has 0 bridgehead atoms. The summed E-state index contributed by atoms with van der Waals surface area (Å²) in [5, 5.41) is 14.4. The second-order valence-corrected chi connectivity index (χ2v) is 5.65. The van der Waals surface area contributed by atoms with Gasteiger partial charge in [0.1, 0.15) is 5.69 Å². The van der Waals surface area contributed by atoms with Gasteiger partial charge < -0.3 is 19.3 Å². The molecular formula is C17H21N5O3. The molecule has 3 aromatic rings. The molecule has 2 N–H and O–H groups in total. The number of aromatic amines is 1. The highest BCUT2D eigenvalue weighted by atomic mass is 16.5. The standard InChI is InChI=1S/C17H21N5O3/c1-10(18-2)7-16-19-17(25-22-16)13-9-12(20-21-13)11-5-6-14(23-3)15(8-11)24-4/h5-6,8-10,18H,7H2,1-4H3,(H,20,21). The molecule has 0 aliphatic heterocycles. The van der Waals surface area contributed by atoms with Crippen molar-refractivity contribution in [3.63, 3.8) is 0 Å². The SMILES string of the molecule is CNC(C)Cc1noc(-c2cc(-c3ccc(OC)c(OC)c3)n[nH]2)n1. The van der Waals surface area contributed by atoms with Gasteiger partial charge in [-0.2, -0.15) is 10.1 Å². The van der Waals surface area contributed by atoms with Gasteiger partial charge in [0, 0.05) is 18.0 Å². The molecule has 0 amide bonds. The molecule has 0 aliphatic rings. The van der Waals surface area contributed by atoms with Crippen LogP contribution in [0.5, 0.6) is 11.5 Å². The maximum atomic E-state index is 5.33. The molecule has 0 aliphatic carbocycles. The Labute approximate surface area is 145 Å². The summed E-state index contributed by atoms with van der Waals surface area (Å²) in [5.74, 6) is 2.38. The number of hydrogen-bond donors (Lipinski definition) is 2. The number of ether oxygens (including phenoxy) is 2. The molecule has 8 nitrogen and oxygen atoms in total. The van der Waals surface area contributed by atoms with E-state index in [2.05, 4.69) is 32.6 Å². The van der Waals surface area contributed by atoms with Crippen molar-refractivity contribution in [1.82, 2.24) is 25.7 Å². The summed E-state index contributed by atoms with van der Waals surface area (Å²) >= 11 is 0. The van der Waals surface area contributed by atoms with Crippen molar-refractivity contribution in [3.05, 3.63) is 30.1 Å². The summed E-state index contributed by atoms with van der Waals surface area (Å²) < 4.78 is 15.9. The van der Waals surface area contributed by atoms with E-state index < -0.39 is 0 Å². The third-order valence-corrected chi connectivity index (χ3v) is 3.94. The third-order valence-electron chi connectivity index (χ3n) is 3.94. The number of H-pyrrole nitrogens is 1. The van der Waals surface area contributed by atoms with Gasteiger partial charge in [-0.05, 0) is 38.2 Å². The van der Waals surface area contributed by atoms with Crippen LogP contribution in [0.3, 0.4) is 0 Å². The van der Waals surface area contributed by atoms with Crippen molar-refractivity contribution in [1.29, 1.82) is 0 Å². The lowest BCUT2D eigenvalue weighted by Gasteiger charge is -2.08. The average Bonchev–Trinajstić information content (AvgIpc) is 3.30. The lowest BCUT2D eigenvalue weighted by Crippen LogP contribution is -2.24. The first kappa shape index (κ1) is 17.0. The van der Waals surface area contributed by atoms with Crippen LogP contribution in [0.2, 0.25) is 0 Å². The van der Waals surface area contributed by atoms with Gasteiger partial charge in [0.25, 0.3) is 5.89 Å². The van der Waals surface area contributed by atoms with Crippen molar-refractivity contribution in [2.24, 2.45) is 0 Å². The highest BCUT2D eigenvalue weighted by Crippen LogP contribution is 2.32. The van der Waals surface area contributed by atoms with Crippen LogP contribution in [-0.4, -0.2) is 47.6 Å². The quantitative estimate of drug-likeness (QED) is 0.679. The topological polar surface area (TPSA) is 98.1 Å². The molecule has 0 fully saturated rings. The van der Waals surface area contributed by atoms with Gasteiger partial charge in [-0.1, -0.05) is 5.16 Å². The van der Waals surface area contributed by atoms with Gasteiger partial charge in [-0.15, -0.1) is 0 Å². The molecule has 2 heterocycles. The van der Waals surface area contributed by atoms with Crippen LogP contribution in [0, 0.1) is 0 Å². The van der Waals surface area contributed by atoms with E-state index in [9.17, 15) is 0 Å². The van der Waals surface area contributed by atoms with E-state index in [0.29, 0.717) is 35.3 Å². The smallest absolute Gasteiger partial charge is 0.275 e. The summed E-state index contributed by atoms with van der Waals surface area (Å²) in [6.07, 6.45) is 0.691. The van der Waals surface area contributed by atoms with E-state index in [0.717, 1.165) is 11.3 Å². The minimum atomic E-state index is 0.273. The van der Waals surface area contributed by atoms with E-state index in [1.807, 2.05) is 31.3 Å². The van der Waals surface area contributed by atoms with Gasteiger partial charge in [0.15, 0.2) is 17.3 Å². The minimum absolute atomic E-state index is 0.273. The van der Waals surface area contributed by atoms with Crippen LogP contribution in [0.15, 0.2) is 28.8 Å². The molecule has 8 heteroatoms. The molecule has 132 valence electrons. The zero-order chi connectivity index (χ0) is 17.8. The normalized spacial score (nSPS) is 12.2. The Morgan fingerprint density at radius 1 is 1.20 bits per heavy atom. The Balaban J connectivity index is 1.83. The highest BCUT2D eigenvalue weighted by molar-refractivity contribution is 5.67. The Kier molecular flexibility index (Phi) is 4.99. The zero-order valence-corrected chi connectivity index (χ0v) is 14.7. The summed E-state index contributed by atoms with van der Waals surface area (Å²) in [6.45, 7) is 2.06. The molecule has 3 rings (SSSR count). The van der Waals surface area contributed by atoms with E-state index in [1.54, 1.807) is 14.2 Å². The van der Waals surface area contributed by atoms with E-state index in [1.165, 1.54) is 0 Å². The summed E-state index contributed by atoms with van der Waals surface area (Å²) in [5.41, 5.74) is 2.31. The Bertz CT molecular complexity index is 842. The molecule has 0 saturated heterocycles. The van der Waals surface area contributed by atoms with Gasteiger partial charge >= 0.3 is 0 Å². The third kappa shape index (κ3) is 3.63. The number of benzene rings is 1. The Hall–Kier alpha value is -2.87. The fourth-order valence-corrected chi connectivity index (χ4v) is 2.40. The molecule has 25 heavy (non-hydrogen) atoms. The first-order valence-corrected chi connectivity index (χ1v) is 7.92. The van der Waals surface area contributed by atoms with Crippen LogP contribution in [-0.2, 0) is 6.42 Å². The van der Waals surface area contributed by atoms with Crippen molar-refractivity contribution in [2.75, 3.05) is 21.3 Å². The molecule has 0 saturated carbocycles. The van der Waals surface area contributed by atoms with Crippen LogP contribution < -0.4 is 14.8 Å². The fraction of sp³-hybridized carbons (Fsp3) is 0.353. The molecule has 0 spiro atoms. The second-order valence-electron chi connectivity index (χ2n) is 5.65. The maximum absolute atomic E-state index is 5.33. The second kappa shape index (κ2) is 7.35. The first-order chi connectivity index (χ1) is 12.1. The van der Waals surface area contributed by atoms with Gasteiger partial charge in [-0.3, -0.25) is 5.10 Å². The van der Waals surface area contributed by atoms with E-state index in [-0.39, 0.29) is 6.04 Å². The Morgan fingerprint density at radius 3 is 2.72 bits per heavy atom. The van der Waals surface area contributed by atoms with Crippen LogP contribution in [0.4, 0.5) is 0 Å². The monoisotopic (exact) mass is 343 g/mol. The molecule has 1 aromatic carbocycles. The minimum Gasteiger partial charge on any atom is -0.493 e. The van der Waals surface area contributed by atoms with Crippen molar-refractivity contribution < 1.29 is 14.0 Å². The van der Waals surface area contributed by atoms with Gasteiger partial charge in [-0.25, -0.2) is 0 Å². The number of rotatable bonds is 7. The van der Waals surface area contributed by atoms with Crippen molar-refractivity contribution in [2.45, 2.75) is 19.4 Å². The lowest BCUT2D eigenvalue weighted by molar-refractivity contribution is 0.355. The van der Waals surface area contributed by atoms with Crippen LogP contribution in [0.1, 0.15) is 12.7 Å². The molecule has 2 aromatic heterocycles. The number of hydrogen-bond acceptors (Lipinski definition) is 7. The summed E-state index contributed by atoms with van der Waals surface area (Å²) in [7, 11) is 5.10. The average molecular weight is 343 g/mol. The van der Waals surface area contributed by atoms with Crippen molar-refractivity contribution in [3.8, 4) is 34.3 Å². The van der Waals surface area contributed by atoms with Crippen LogP contribution in [0.25, 0.3) is 22.8 Å². The zero-order valence-electron chi connectivity index (χ0n) is 14.7. The molecule has 1 unspecified atom stereocenters. The summed E-state index contributed by atoms with van der Waals surface area (Å²) in [6, 6.07) is 7.75. The largest absolute Gasteiger partial charge is 0.493 e. The highest BCUT2D eigenvalue weighted by Gasteiger charge is 2.15. The maximum Gasteiger partial charge on any atom is 0.275 e. The number of nitrogens with one attached hydrogen (secondary N) is 2. The fourth-order valence-electron chi connectivity index (χ4n) is 2.40. The predicted octanol–water partition coefficient (Wildman–Crippen LogP) is 2.29. The van der Waals surface area contributed by atoms with Crippen LogP contribution >= 0.6 is 0 Å². The van der Waals surface area contributed by atoms with Gasteiger partial charge in [0.2, 0.25) is 0 Å². The molecular weight excluding hydrogens is 322 g/mol. The Morgan fingerprint density at radius 2 is 2.00 bits per heavy atom. The van der Waals surface area contributed by atoms with E-state index in [4.69, 9.17) is 14.0 Å². The number of likely N-dealkylation sites (N-methyl/N-ethyl adjacent to an activating group) is 1. The molecule has 0 radical (unpaired) electrons.